The van der Waals surface area contributed by atoms with Crippen LogP contribution in [0.4, 0.5) is 10.1 Å². The summed E-state index contributed by atoms with van der Waals surface area (Å²) >= 11 is 1.55. The lowest BCUT2D eigenvalue weighted by Gasteiger charge is -2.10. The standard InChI is InChI=1S/C11H14FN3O2S/c1-18-5-4-10(16)14-9-3-2-7(12)6-8(9)11(13)15-17/h2-3,6,17H,4-5H2,1H3,(H2,13,15)(H,14,16). The van der Waals surface area contributed by atoms with Crippen LogP contribution in [-0.4, -0.2) is 29.0 Å². The van der Waals surface area contributed by atoms with Gasteiger partial charge in [-0.15, -0.1) is 0 Å². The van der Waals surface area contributed by atoms with Gasteiger partial charge >= 0.3 is 0 Å². The topological polar surface area (TPSA) is 87.7 Å². The number of nitrogens with two attached hydrogens (primary N) is 1. The summed E-state index contributed by atoms with van der Waals surface area (Å²) in [7, 11) is 0. The molecule has 1 amide bonds. The van der Waals surface area contributed by atoms with Crippen molar-refractivity contribution in [2.24, 2.45) is 10.9 Å². The second kappa shape index (κ2) is 6.85. The summed E-state index contributed by atoms with van der Waals surface area (Å²) in [5.41, 5.74) is 5.88. The molecule has 0 unspecified atom stereocenters. The number of carbonyl (C=O) groups is 1. The lowest BCUT2D eigenvalue weighted by atomic mass is 10.1. The highest BCUT2D eigenvalue weighted by atomic mass is 32.2. The van der Waals surface area contributed by atoms with Gasteiger partial charge in [-0.25, -0.2) is 4.39 Å². The normalized spacial score (nSPS) is 11.3. The van der Waals surface area contributed by atoms with Crippen LogP contribution in [-0.2, 0) is 4.79 Å². The minimum Gasteiger partial charge on any atom is -0.409 e. The fourth-order valence-corrected chi connectivity index (χ4v) is 1.69. The minimum absolute atomic E-state index is 0.148. The molecule has 0 atom stereocenters. The maximum Gasteiger partial charge on any atom is 0.225 e. The van der Waals surface area contributed by atoms with E-state index in [0.29, 0.717) is 17.9 Å². The zero-order valence-corrected chi connectivity index (χ0v) is 10.6. The first-order valence-electron chi connectivity index (χ1n) is 5.14. The zero-order chi connectivity index (χ0) is 13.5. The molecule has 0 aliphatic rings. The number of nitrogens with zero attached hydrogens (tertiary/aromatic N) is 1. The minimum atomic E-state index is -0.529. The number of amides is 1. The Morgan fingerprint density at radius 2 is 2.33 bits per heavy atom. The number of anilines is 1. The first kappa shape index (κ1) is 14.3. The van der Waals surface area contributed by atoms with Crippen molar-refractivity contribution in [1.29, 1.82) is 0 Å². The molecule has 98 valence electrons. The predicted molar refractivity (Wildman–Crippen MR) is 70.5 cm³/mol. The molecular weight excluding hydrogens is 257 g/mol. The molecule has 4 N–H and O–H groups in total. The molecule has 1 rings (SSSR count). The molecule has 0 spiro atoms. The summed E-state index contributed by atoms with van der Waals surface area (Å²) in [6.45, 7) is 0. The quantitative estimate of drug-likeness (QED) is 0.328. The molecule has 1 aromatic rings. The van der Waals surface area contributed by atoms with Gasteiger partial charge in [0.15, 0.2) is 5.84 Å². The molecule has 0 radical (unpaired) electrons. The third-order valence-corrected chi connectivity index (χ3v) is 2.79. The van der Waals surface area contributed by atoms with Crippen LogP contribution in [0.5, 0.6) is 0 Å². The fourth-order valence-electron chi connectivity index (χ4n) is 1.30. The number of carbonyl (C=O) groups excluding carboxylic acids is 1. The van der Waals surface area contributed by atoms with Gasteiger partial charge in [0, 0.05) is 17.7 Å². The number of benzene rings is 1. The van der Waals surface area contributed by atoms with Gasteiger partial charge in [0.25, 0.3) is 0 Å². The van der Waals surface area contributed by atoms with Crippen LogP contribution in [0.3, 0.4) is 0 Å². The maximum absolute atomic E-state index is 13.1. The van der Waals surface area contributed by atoms with Crippen LogP contribution in [0.15, 0.2) is 23.4 Å². The Balaban J connectivity index is 2.91. The molecule has 1 aromatic carbocycles. The summed E-state index contributed by atoms with van der Waals surface area (Å²) in [5.74, 6) is -0.303. The molecule has 0 aliphatic heterocycles. The smallest absolute Gasteiger partial charge is 0.225 e. The van der Waals surface area contributed by atoms with Crippen LogP contribution < -0.4 is 11.1 Å². The number of hydrogen-bond acceptors (Lipinski definition) is 4. The van der Waals surface area contributed by atoms with Crippen molar-refractivity contribution in [3.63, 3.8) is 0 Å². The number of oxime groups is 1. The Bertz CT molecular complexity index is 466. The van der Waals surface area contributed by atoms with Gasteiger partial charge in [0.2, 0.25) is 5.91 Å². The number of thioether (sulfide) groups is 1. The molecule has 7 heteroatoms. The SMILES string of the molecule is CSCCC(=O)Nc1ccc(F)cc1/C(N)=N/O. The van der Waals surface area contributed by atoms with Crippen molar-refractivity contribution in [1.82, 2.24) is 0 Å². The van der Waals surface area contributed by atoms with E-state index in [2.05, 4.69) is 10.5 Å². The highest BCUT2D eigenvalue weighted by Gasteiger charge is 2.11. The third-order valence-electron chi connectivity index (χ3n) is 2.17. The van der Waals surface area contributed by atoms with Gasteiger partial charge in [0.1, 0.15) is 5.82 Å². The van der Waals surface area contributed by atoms with Crippen molar-refractivity contribution in [2.75, 3.05) is 17.3 Å². The molecular formula is C11H14FN3O2S. The van der Waals surface area contributed by atoms with Crippen molar-refractivity contribution in [2.45, 2.75) is 6.42 Å². The lowest BCUT2D eigenvalue weighted by molar-refractivity contribution is -0.115. The Morgan fingerprint density at radius 1 is 1.61 bits per heavy atom. The number of hydrogen-bond donors (Lipinski definition) is 3. The number of amidine groups is 1. The predicted octanol–water partition coefficient (Wildman–Crippen LogP) is 1.61. The van der Waals surface area contributed by atoms with Gasteiger partial charge in [-0.05, 0) is 24.5 Å². The van der Waals surface area contributed by atoms with Gasteiger partial charge < -0.3 is 16.3 Å². The summed E-state index contributed by atoms with van der Waals surface area (Å²) in [6, 6.07) is 3.66. The zero-order valence-electron chi connectivity index (χ0n) is 9.81. The van der Waals surface area contributed by atoms with E-state index in [1.54, 1.807) is 11.8 Å². The fraction of sp³-hybridized carbons (Fsp3) is 0.273. The first-order valence-corrected chi connectivity index (χ1v) is 6.54. The van der Waals surface area contributed by atoms with Crippen molar-refractivity contribution in [3.8, 4) is 0 Å². The van der Waals surface area contributed by atoms with Crippen LogP contribution in [0.1, 0.15) is 12.0 Å². The molecule has 0 heterocycles. The maximum atomic E-state index is 13.1. The van der Waals surface area contributed by atoms with Gasteiger partial charge in [0.05, 0.1) is 5.69 Å². The monoisotopic (exact) mass is 271 g/mol. The van der Waals surface area contributed by atoms with Crippen molar-refractivity contribution >= 4 is 29.2 Å². The molecule has 0 fully saturated rings. The molecule has 18 heavy (non-hydrogen) atoms. The second-order valence-electron chi connectivity index (χ2n) is 3.47. The van der Waals surface area contributed by atoms with Crippen LogP contribution in [0.25, 0.3) is 0 Å². The van der Waals surface area contributed by atoms with E-state index in [1.807, 2.05) is 6.26 Å². The molecule has 5 nitrogen and oxygen atoms in total. The Kier molecular flexibility index (Phi) is 5.44. The van der Waals surface area contributed by atoms with Gasteiger partial charge in [-0.2, -0.15) is 11.8 Å². The van der Waals surface area contributed by atoms with E-state index in [9.17, 15) is 9.18 Å². The summed E-state index contributed by atoms with van der Waals surface area (Å²) < 4.78 is 13.1. The van der Waals surface area contributed by atoms with E-state index in [0.717, 1.165) is 6.07 Å². The van der Waals surface area contributed by atoms with E-state index in [4.69, 9.17) is 10.9 Å². The Hall–Kier alpha value is -1.76. The third kappa shape index (κ3) is 3.92. The number of nitrogens with one attached hydrogen (secondary N) is 1. The van der Waals surface area contributed by atoms with Gasteiger partial charge in [-0.1, -0.05) is 5.16 Å². The number of rotatable bonds is 5. The average molecular weight is 271 g/mol. The molecule has 0 bridgehead atoms. The molecule has 0 saturated heterocycles. The average Bonchev–Trinajstić information content (AvgIpc) is 2.37. The van der Waals surface area contributed by atoms with Crippen LogP contribution in [0, 0.1) is 5.82 Å². The van der Waals surface area contributed by atoms with E-state index >= 15 is 0 Å². The van der Waals surface area contributed by atoms with Crippen LogP contribution >= 0.6 is 11.8 Å². The highest BCUT2D eigenvalue weighted by molar-refractivity contribution is 7.98. The summed E-state index contributed by atoms with van der Waals surface area (Å²) in [6.07, 6.45) is 2.24. The lowest BCUT2D eigenvalue weighted by Crippen LogP contribution is -2.19. The van der Waals surface area contributed by atoms with Crippen molar-refractivity contribution in [3.05, 3.63) is 29.6 Å². The molecule has 0 aliphatic carbocycles. The summed E-state index contributed by atoms with van der Waals surface area (Å²) in [4.78, 5) is 11.6. The molecule has 0 aromatic heterocycles. The largest absolute Gasteiger partial charge is 0.409 e. The Labute approximate surface area is 108 Å². The highest BCUT2D eigenvalue weighted by Crippen LogP contribution is 2.17. The van der Waals surface area contributed by atoms with E-state index in [-0.39, 0.29) is 17.3 Å². The Morgan fingerprint density at radius 3 is 2.94 bits per heavy atom. The first-order chi connectivity index (χ1) is 8.58. The summed E-state index contributed by atoms with van der Waals surface area (Å²) in [5, 5.41) is 14.0. The van der Waals surface area contributed by atoms with E-state index in [1.165, 1.54) is 12.1 Å². The van der Waals surface area contributed by atoms with Crippen LogP contribution in [0.2, 0.25) is 0 Å². The van der Waals surface area contributed by atoms with E-state index < -0.39 is 5.82 Å². The molecule has 0 saturated carbocycles. The second-order valence-corrected chi connectivity index (χ2v) is 4.45. The van der Waals surface area contributed by atoms with Gasteiger partial charge in [-0.3, -0.25) is 4.79 Å². The number of halogens is 1. The van der Waals surface area contributed by atoms with Crippen molar-refractivity contribution < 1.29 is 14.4 Å².